The minimum atomic E-state index is -3.28. The van der Waals surface area contributed by atoms with Gasteiger partial charge in [-0.25, -0.2) is 13.4 Å². The molecular formula is C17H13N3O4S2. The predicted octanol–water partition coefficient (Wildman–Crippen LogP) is 1.69. The Kier molecular flexibility index (Phi) is 3.97. The summed E-state index contributed by atoms with van der Waals surface area (Å²) in [6, 6.07) is 6.35. The number of thiazole rings is 1. The van der Waals surface area contributed by atoms with E-state index in [1.54, 1.807) is 12.3 Å². The monoisotopic (exact) mass is 387 g/mol. The van der Waals surface area contributed by atoms with Crippen LogP contribution in [0, 0.1) is 0 Å². The average molecular weight is 387 g/mol. The molecule has 0 saturated carbocycles. The van der Waals surface area contributed by atoms with Gasteiger partial charge in [-0.3, -0.25) is 9.59 Å². The van der Waals surface area contributed by atoms with Gasteiger partial charge in [-0.05, 0) is 23.6 Å². The maximum Gasteiger partial charge on any atom is 0.261 e. The molecule has 2 aromatic heterocycles. The fourth-order valence-electron chi connectivity index (χ4n) is 2.78. The molecule has 2 N–H and O–H groups in total. The minimum absolute atomic E-state index is 0.0582. The van der Waals surface area contributed by atoms with Crippen LogP contribution < -0.4 is 10.9 Å². The van der Waals surface area contributed by atoms with Crippen LogP contribution in [-0.4, -0.2) is 36.1 Å². The number of hydrogen-bond acceptors (Lipinski definition) is 6. The first kappa shape index (κ1) is 16.7. The summed E-state index contributed by atoms with van der Waals surface area (Å²) in [6.07, 6.45) is 3.11. The van der Waals surface area contributed by atoms with Crippen LogP contribution in [0.25, 0.3) is 21.5 Å². The van der Waals surface area contributed by atoms with E-state index in [2.05, 4.69) is 15.3 Å². The molecule has 9 heteroatoms. The lowest BCUT2D eigenvalue weighted by Crippen LogP contribution is -2.38. The van der Waals surface area contributed by atoms with E-state index in [1.807, 2.05) is 17.5 Å². The Morgan fingerprint density at radius 1 is 1.31 bits per heavy atom. The van der Waals surface area contributed by atoms with Gasteiger partial charge in [0.05, 0.1) is 11.8 Å². The third kappa shape index (κ3) is 3.18. The van der Waals surface area contributed by atoms with Crippen LogP contribution >= 0.6 is 11.3 Å². The van der Waals surface area contributed by atoms with E-state index in [9.17, 15) is 18.0 Å². The third-order valence-electron chi connectivity index (χ3n) is 4.02. The van der Waals surface area contributed by atoms with E-state index in [-0.39, 0.29) is 11.3 Å². The van der Waals surface area contributed by atoms with Gasteiger partial charge in [0.1, 0.15) is 10.6 Å². The number of nitrogens with one attached hydrogen (secondary N) is 2. The summed E-state index contributed by atoms with van der Waals surface area (Å²) in [5.74, 6) is -0.801. The van der Waals surface area contributed by atoms with Crippen LogP contribution in [0.2, 0.25) is 0 Å². The number of carbonyl (C=O) groups excluding carboxylic acids is 1. The average Bonchev–Trinajstić information content (AvgIpc) is 3.23. The Morgan fingerprint density at radius 2 is 2.15 bits per heavy atom. The van der Waals surface area contributed by atoms with Gasteiger partial charge < -0.3 is 10.3 Å². The lowest BCUT2D eigenvalue weighted by molar-refractivity contribution is 0.0946. The number of benzene rings is 1. The van der Waals surface area contributed by atoms with E-state index in [1.165, 1.54) is 23.5 Å². The molecule has 0 radical (unpaired) electrons. The number of rotatable bonds is 3. The highest BCUT2D eigenvalue weighted by atomic mass is 32.2. The number of pyridine rings is 1. The zero-order valence-electron chi connectivity index (χ0n) is 13.3. The molecule has 3 heterocycles. The van der Waals surface area contributed by atoms with Gasteiger partial charge in [0.25, 0.3) is 11.5 Å². The smallest absolute Gasteiger partial charge is 0.261 e. The molecule has 1 atom stereocenters. The van der Waals surface area contributed by atoms with Gasteiger partial charge >= 0.3 is 0 Å². The van der Waals surface area contributed by atoms with Crippen LogP contribution in [0.3, 0.4) is 0 Å². The second-order valence-electron chi connectivity index (χ2n) is 5.89. The highest BCUT2D eigenvalue weighted by Crippen LogP contribution is 2.24. The Labute approximate surface area is 152 Å². The summed E-state index contributed by atoms with van der Waals surface area (Å²) in [5.41, 5.74) is 0.887. The SMILES string of the molecule is O=C(N[C@@H]1C=CS(=O)(=O)C1)c1cc2ccc(-c3nccs3)cc2[nH]c1=O. The lowest BCUT2D eigenvalue weighted by atomic mass is 10.1. The molecule has 0 aliphatic carbocycles. The molecule has 0 fully saturated rings. The van der Waals surface area contributed by atoms with Gasteiger partial charge in [0, 0.05) is 28.1 Å². The third-order valence-corrected chi connectivity index (χ3v) is 6.23. The van der Waals surface area contributed by atoms with E-state index in [4.69, 9.17) is 0 Å². The molecule has 0 saturated heterocycles. The van der Waals surface area contributed by atoms with Crippen molar-refractivity contribution in [3.8, 4) is 10.6 Å². The maximum atomic E-state index is 12.4. The fourth-order valence-corrected chi connectivity index (χ4v) is 4.65. The molecular weight excluding hydrogens is 374 g/mol. The standard InChI is InChI=1S/C17H13N3O4S2/c21-15(19-12-3-6-26(23,24)9-12)13-7-10-1-2-11(17-18-4-5-25-17)8-14(10)20-16(13)22/h1-8,12H,9H2,(H,19,21)(H,20,22)/t12-/m1/s1. The number of hydrogen-bond donors (Lipinski definition) is 2. The van der Waals surface area contributed by atoms with E-state index in [0.29, 0.717) is 10.9 Å². The molecule has 132 valence electrons. The molecule has 7 nitrogen and oxygen atoms in total. The molecule has 1 aromatic carbocycles. The molecule has 26 heavy (non-hydrogen) atoms. The molecule has 1 amide bonds. The first-order chi connectivity index (χ1) is 12.4. The lowest BCUT2D eigenvalue weighted by Gasteiger charge is -2.10. The van der Waals surface area contributed by atoms with Crippen LogP contribution in [0.15, 0.2) is 52.1 Å². The van der Waals surface area contributed by atoms with Crippen molar-refractivity contribution in [3.05, 3.63) is 63.2 Å². The zero-order chi connectivity index (χ0) is 18.3. The summed E-state index contributed by atoms with van der Waals surface area (Å²) < 4.78 is 22.8. The largest absolute Gasteiger partial charge is 0.345 e. The number of H-pyrrole nitrogens is 1. The van der Waals surface area contributed by atoms with Gasteiger partial charge in [0.15, 0.2) is 9.84 Å². The number of sulfone groups is 1. The van der Waals surface area contributed by atoms with Crippen LogP contribution in [0.4, 0.5) is 0 Å². The first-order valence-electron chi connectivity index (χ1n) is 7.70. The van der Waals surface area contributed by atoms with Gasteiger partial charge in [-0.2, -0.15) is 0 Å². The van der Waals surface area contributed by atoms with Gasteiger partial charge in [0.2, 0.25) is 0 Å². The molecule has 3 aromatic rings. The Hall–Kier alpha value is -2.78. The Balaban J connectivity index is 1.65. The fraction of sp³-hybridized carbons (Fsp3) is 0.118. The number of fused-ring (bicyclic) bond motifs is 1. The van der Waals surface area contributed by atoms with Crippen LogP contribution in [0.1, 0.15) is 10.4 Å². The number of aromatic amines is 1. The van der Waals surface area contributed by atoms with Crippen molar-refractivity contribution in [3.63, 3.8) is 0 Å². The number of amides is 1. The summed E-state index contributed by atoms with van der Waals surface area (Å²) in [4.78, 5) is 31.6. The minimum Gasteiger partial charge on any atom is -0.345 e. The van der Waals surface area contributed by atoms with Crippen molar-refractivity contribution >= 4 is 38.0 Å². The van der Waals surface area contributed by atoms with Crippen molar-refractivity contribution in [1.82, 2.24) is 15.3 Å². The Morgan fingerprint density at radius 3 is 2.85 bits per heavy atom. The van der Waals surface area contributed by atoms with Crippen molar-refractivity contribution in [2.45, 2.75) is 6.04 Å². The second-order valence-corrected chi connectivity index (χ2v) is 8.72. The van der Waals surface area contributed by atoms with E-state index >= 15 is 0 Å². The zero-order valence-corrected chi connectivity index (χ0v) is 14.9. The molecule has 1 aliphatic heterocycles. The molecule has 1 aliphatic rings. The maximum absolute atomic E-state index is 12.4. The number of aromatic nitrogens is 2. The van der Waals surface area contributed by atoms with Gasteiger partial charge in [-0.1, -0.05) is 12.1 Å². The topological polar surface area (TPSA) is 109 Å². The highest BCUT2D eigenvalue weighted by Gasteiger charge is 2.24. The van der Waals surface area contributed by atoms with Crippen molar-refractivity contribution in [1.29, 1.82) is 0 Å². The summed E-state index contributed by atoms with van der Waals surface area (Å²) >= 11 is 1.49. The normalized spacial score (nSPS) is 18.2. The van der Waals surface area contributed by atoms with Crippen LogP contribution in [-0.2, 0) is 9.84 Å². The summed E-state index contributed by atoms with van der Waals surface area (Å²) in [7, 11) is -3.28. The number of nitrogens with zero attached hydrogens (tertiary/aromatic N) is 1. The molecule has 4 rings (SSSR count). The van der Waals surface area contributed by atoms with Gasteiger partial charge in [-0.15, -0.1) is 11.3 Å². The summed E-state index contributed by atoms with van der Waals surface area (Å²) in [6.45, 7) is 0. The van der Waals surface area contributed by atoms with E-state index in [0.717, 1.165) is 16.0 Å². The molecule has 0 spiro atoms. The Bertz CT molecular complexity index is 1190. The predicted molar refractivity (Wildman–Crippen MR) is 99.9 cm³/mol. The molecule has 0 unspecified atom stereocenters. The van der Waals surface area contributed by atoms with Crippen LogP contribution in [0.5, 0.6) is 0 Å². The first-order valence-corrected chi connectivity index (χ1v) is 10.3. The van der Waals surface area contributed by atoms with Crippen molar-refractivity contribution in [2.24, 2.45) is 0 Å². The van der Waals surface area contributed by atoms with Crippen molar-refractivity contribution < 1.29 is 13.2 Å². The van der Waals surface area contributed by atoms with E-state index < -0.39 is 27.3 Å². The summed E-state index contributed by atoms with van der Waals surface area (Å²) in [5, 5.41) is 7.03. The highest BCUT2D eigenvalue weighted by molar-refractivity contribution is 7.94. The van der Waals surface area contributed by atoms with Crippen molar-refractivity contribution in [2.75, 3.05) is 5.75 Å². The molecule has 0 bridgehead atoms. The second kappa shape index (κ2) is 6.19. The quantitative estimate of drug-likeness (QED) is 0.711. The number of carbonyl (C=O) groups is 1.